The second-order valence-electron chi connectivity index (χ2n) is 4.16. The number of hydrogen-bond donors (Lipinski definition) is 0. The first-order chi connectivity index (χ1) is 6.30. The van der Waals surface area contributed by atoms with Crippen LogP contribution < -0.4 is 0 Å². The Hall–Kier alpha value is -0.570. The molecule has 2 rings (SSSR count). The predicted molar refractivity (Wildman–Crippen MR) is 52.8 cm³/mol. The zero-order valence-electron chi connectivity index (χ0n) is 8.55. The molecule has 13 heavy (non-hydrogen) atoms. The predicted octanol–water partition coefficient (Wildman–Crippen LogP) is 1.49. The fourth-order valence-electron chi connectivity index (χ4n) is 2.46. The van der Waals surface area contributed by atoms with E-state index in [1.807, 2.05) is 0 Å². The Bertz CT molecular complexity index is 221. The summed E-state index contributed by atoms with van der Waals surface area (Å²) in [4.78, 5) is 7.37. The summed E-state index contributed by atoms with van der Waals surface area (Å²) in [7, 11) is 1.65. The van der Waals surface area contributed by atoms with E-state index in [4.69, 9.17) is 4.84 Å². The van der Waals surface area contributed by atoms with Crippen LogP contribution in [0.1, 0.15) is 26.2 Å². The maximum absolute atomic E-state index is 4.91. The zero-order valence-corrected chi connectivity index (χ0v) is 8.55. The van der Waals surface area contributed by atoms with Gasteiger partial charge in [0, 0.05) is 18.5 Å². The molecule has 0 N–H and O–H groups in total. The molecule has 1 spiro atoms. The van der Waals surface area contributed by atoms with E-state index in [1.54, 1.807) is 7.11 Å². The molecule has 0 aromatic carbocycles. The van der Waals surface area contributed by atoms with Crippen LogP contribution in [-0.4, -0.2) is 37.4 Å². The van der Waals surface area contributed by atoms with Gasteiger partial charge in [-0.25, -0.2) is 0 Å². The van der Waals surface area contributed by atoms with Crippen LogP contribution in [0.2, 0.25) is 0 Å². The molecule has 0 amide bonds. The van der Waals surface area contributed by atoms with Gasteiger partial charge in [-0.3, -0.25) is 4.90 Å². The Morgan fingerprint density at radius 1 is 1.54 bits per heavy atom. The molecule has 3 nitrogen and oxygen atoms in total. The largest absolute Gasteiger partial charge is 0.399 e. The first-order valence-electron chi connectivity index (χ1n) is 5.13. The molecule has 0 unspecified atom stereocenters. The molecule has 1 saturated carbocycles. The van der Waals surface area contributed by atoms with E-state index >= 15 is 0 Å². The summed E-state index contributed by atoms with van der Waals surface area (Å²) in [6.07, 6.45) is 3.98. The van der Waals surface area contributed by atoms with Gasteiger partial charge in [-0.15, -0.1) is 0 Å². The Balaban J connectivity index is 2.12. The topological polar surface area (TPSA) is 24.8 Å². The Labute approximate surface area is 79.7 Å². The van der Waals surface area contributed by atoms with E-state index in [2.05, 4.69) is 17.0 Å². The highest BCUT2D eigenvalue weighted by Crippen LogP contribution is 2.46. The van der Waals surface area contributed by atoms with Crippen molar-refractivity contribution in [2.75, 3.05) is 26.7 Å². The van der Waals surface area contributed by atoms with Crippen LogP contribution in [0.25, 0.3) is 0 Å². The van der Waals surface area contributed by atoms with Crippen LogP contribution in [0, 0.1) is 5.41 Å². The van der Waals surface area contributed by atoms with E-state index < -0.39 is 0 Å². The molecule has 0 aromatic heterocycles. The molecular formula is C10H18N2O. The van der Waals surface area contributed by atoms with Crippen molar-refractivity contribution in [2.24, 2.45) is 10.6 Å². The first-order valence-corrected chi connectivity index (χ1v) is 5.13. The zero-order chi connectivity index (χ0) is 9.31. The van der Waals surface area contributed by atoms with Crippen LogP contribution in [-0.2, 0) is 4.84 Å². The van der Waals surface area contributed by atoms with Gasteiger partial charge in [0.25, 0.3) is 0 Å². The highest BCUT2D eigenvalue weighted by molar-refractivity contribution is 5.94. The van der Waals surface area contributed by atoms with Crippen molar-refractivity contribution in [3.8, 4) is 0 Å². The molecule has 0 radical (unpaired) electrons. The van der Waals surface area contributed by atoms with E-state index in [0.29, 0.717) is 5.41 Å². The fourth-order valence-corrected chi connectivity index (χ4v) is 2.46. The summed E-state index contributed by atoms with van der Waals surface area (Å²) >= 11 is 0. The van der Waals surface area contributed by atoms with E-state index in [9.17, 15) is 0 Å². The summed E-state index contributed by atoms with van der Waals surface area (Å²) < 4.78 is 0. The molecule has 1 aliphatic carbocycles. The van der Waals surface area contributed by atoms with Crippen molar-refractivity contribution < 1.29 is 4.84 Å². The molecule has 1 heterocycles. The maximum Gasteiger partial charge on any atom is 0.106 e. The Kier molecular flexibility index (Phi) is 2.28. The van der Waals surface area contributed by atoms with Gasteiger partial charge in [0.2, 0.25) is 0 Å². The van der Waals surface area contributed by atoms with Crippen LogP contribution >= 0.6 is 0 Å². The summed E-state index contributed by atoms with van der Waals surface area (Å²) in [6, 6.07) is 0. The van der Waals surface area contributed by atoms with Crippen LogP contribution in [0.5, 0.6) is 0 Å². The van der Waals surface area contributed by atoms with Gasteiger partial charge in [0.05, 0.1) is 5.71 Å². The molecule has 1 saturated heterocycles. The second kappa shape index (κ2) is 3.29. The lowest BCUT2D eigenvalue weighted by molar-refractivity contribution is 0.175. The molecule has 0 atom stereocenters. The van der Waals surface area contributed by atoms with Gasteiger partial charge in [0.15, 0.2) is 0 Å². The normalized spacial score (nSPS) is 29.5. The molecule has 74 valence electrons. The third kappa shape index (κ3) is 1.35. The van der Waals surface area contributed by atoms with Crippen LogP contribution in [0.15, 0.2) is 5.16 Å². The van der Waals surface area contributed by atoms with Gasteiger partial charge in [-0.1, -0.05) is 18.5 Å². The average Bonchev–Trinajstić information content (AvgIpc) is 2.44. The van der Waals surface area contributed by atoms with Gasteiger partial charge in [0.1, 0.15) is 7.11 Å². The smallest absolute Gasteiger partial charge is 0.106 e. The number of hydrogen-bond acceptors (Lipinski definition) is 3. The van der Waals surface area contributed by atoms with Gasteiger partial charge >= 0.3 is 0 Å². The summed E-state index contributed by atoms with van der Waals surface area (Å²) in [5.41, 5.74) is 1.69. The highest BCUT2D eigenvalue weighted by atomic mass is 16.6. The summed E-state index contributed by atoms with van der Waals surface area (Å²) in [6.45, 7) is 5.56. The molecule has 0 aromatic rings. The van der Waals surface area contributed by atoms with Crippen LogP contribution in [0.3, 0.4) is 0 Å². The monoisotopic (exact) mass is 182 g/mol. The summed E-state index contributed by atoms with van der Waals surface area (Å²) in [5, 5.41) is 4.17. The third-order valence-electron chi connectivity index (χ3n) is 3.47. The highest BCUT2D eigenvalue weighted by Gasteiger charge is 2.48. The number of nitrogens with zero attached hydrogens (tertiary/aromatic N) is 2. The van der Waals surface area contributed by atoms with Crippen molar-refractivity contribution in [3.63, 3.8) is 0 Å². The van der Waals surface area contributed by atoms with Crippen molar-refractivity contribution >= 4 is 5.71 Å². The molecule has 2 fully saturated rings. The summed E-state index contributed by atoms with van der Waals surface area (Å²) in [5.74, 6) is 0. The minimum Gasteiger partial charge on any atom is -0.399 e. The lowest BCUT2D eigenvalue weighted by Gasteiger charge is -2.37. The van der Waals surface area contributed by atoms with Crippen molar-refractivity contribution in [1.29, 1.82) is 0 Å². The maximum atomic E-state index is 4.91. The fraction of sp³-hybridized carbons (Fsp3) is 0.900. The standard InChI is InChI=1S/C10H18N2O/c1-3-12-7-9(11-13-2)10(8-12)5-4-6-10/h3-8H2,1-2H3/b11-9-. The van der Waals surface area contributed by atoms with Crippen molar-refractivity contribution in [1.82, 2.24) is 4.90 Å². The minimum atomic E-state index is 0.409. The Morgan fingerprint density at radius 2 is 2.31 bits per heavy atom. The van der Waals surface area contributed by atoms with Crippen LogP contribution in [0.4, 0.5) is 0 Å². The van der Waals surface area contributed by atoms with E-state index in [1.165, 1.54) is 31.5 Å². The van der Waals surface area contributed by atoms with Gasteiger partial charge in [-0.05, 0) is 19.4 Å². The molecule has 2 aliphatic rings. The molecule has 3 heteroatoms. The lowest BCUT2D eigenvalue weighted by Crippen LogP contribution is -2.38. The first kappa shape index (κ1) is 9.00. The molecule has 1 aliphatic heterocycles. The minimum absolute atomic E-state index is 0.409. The van der Waals surface area contributed by atoms with Crippen molar-refractivity contribution in [3.05, 3.63) is 0 Å². The lowest BCUT2D eigenvalue weighted by atomic mass is 9.67. The van der Waals surface area contributed by atoms with Gasteiger partial charge < -0.3 is 4.84 Å². The third-order valence-corrected chi connectivity index (χ3v) is 3.47. The van der Waals surface area contributed by atoms with Crippen molar-refractivity contribution in [2.45, 2.75) is 26.2 Å². The average molecular weight is 182 g/mol. The Morgan fingerprint density at radius 3 is 2.77 bits per heavy atom. The number of oxime groups is 1. The van der Waals surface area contributed by atoms with E-state index in [0.717, 1.165) is 13.1 Å². The molecular weight excluding hydrogens is 164 g/mol. The second-order valence-corrected chi connectivity index (χ2v) is 4.16. The SMILES string of the molecule is CCN1C/C(=N/OC)C2(CCC2)C1. The van der Waals surface area contributed by atoms with E-state index in [-0.39, 0.29) is 0 Å². The quantitative estimate of drug-likeness (QED) is 0.604. The number of rotatable bonds is 2. The van der Waals surface area contributed by atoms with Gasteiger partial charge in [-0.2, -0.15) is 0 Å². The molecule has 0 bridgehead atoms. The number of likely N-dealkylation sites (tertiary alicyclic amines) is 1.